The fraction of sp³-hybridized carbons (Fsp3) is 0.533. The van der Waals surface area contributed by atoms with Gasteiger partial charge in [0.05, 0.1) is 0 Å². The standard InChI is InChI=1S/C15H23ClO2SSi/c1-15(2,3)20(4,5)18-13(14(16)17)11-19-12-9-7-6-8-10-12/h6-10,13H,11H2,1-5H3. The van der Waals surface area contributed by atoms with Crippen molar-refractivity contribution in [2.24, 2.45) is 0 Å². The second kappa shape index (κ2) is 7.12. The van der Waals surface area contributed by atoms with Crippen LogP contribution in [0.25, 0.3) is 0 Å². The summed E-state index contributed by atoms with van der Waals surface area (Å²) in [5, 5.41) is -0.340. The summed E-state index contributed by atoms with van der Waals surface area (Å²) >= 11 is 7.31. The summed E-state index contributed by atoms with van der Waals surface area (Å²) in [6, 6.07) is 9.98. The quantitative estimate of drug-likeness (QED) is 0.420. The molecule has 20 heavy (non-hydrogen) atoms. The highest BCUT2D eigenvalue weighted by Gasteiger charge is 2.40. The monoisotopic (exact) mass is 330 g/mol. The van der Waals surface area contributed by atoms with Crippen molar-refractivity contribution in [3.8, 4) is 0 Å². The Bertz CT molecular complexity index is 443. The molecule has 1 rings (SSSR count). The van der Waals surface area contributed by atoms with E-state index in [4.69, 9.17) is 16.0 Å². The second-order valence-corrected chi connectivity index (χ2v) is 12.5. The first-order valence-electron chi connectivity index (χ1n) is 6.68. The van der Waals surface area contributed by atoms with Crippen molar-refractivity contribution in [2.45, 2.75) is 49.9 Å². The molecule has 1 aromatic carbocycles. The largest absolute Gasteiger partial charge is 0.405 e. The van der Waals surface area contributed by atoms with E-state index in [1.165, 1.54) is 0 Å². The van der Waals surface area contributed by atoms with E-state index >= 15 is 0 Å². The lowest BCUT2D eigenvalue weighted by Gasteiger charge is -2.38. The Morgan fingerprint density at radius 3 is 2.30 bits per heavy atom. The Morgan fingerprint density at radius 1 is 1.30 bits per heavy atom. The van der Waals surface area contributed by atoms with Gasteiger partial charge in [-0.15, -0.1) is 11.8 Å². The van der Waals surface area contributed by atoms with Crippen LogP contribution in [0.2, 0.25) is 18.1 Å². The molecule has 1 aromatic rings. The minimum Gasteiger partial charge on any atom is -0.405 e. The molecule has 112 valence electrons. The maximum atomic E-state index is 11.6. The molecule has 0 aliphatic heterocycles. The lowest BCUT2D eigenvalue weighted by atomic mass is 10.2. The zero-order valence-electron chi connectivity index (χ0n) is 12.8. The van der Waals surface area contributed by atoms with E-state index < -0.39 is 19.7 Å². The van der Waals surface area contributed by atoms with Crippen LogP contribution in [0.5, 0.6) is 0 Å². The van der Waals surface area contributed by atoms with Crippen molar-refractivity contribution in [3.05, 3.63) is 30.3 Å². The molecular weight excluding hydrogens is 308 g/mol. The fourth-order valence-electron chi connectivity index (χ4n) is 1.37. The summed E-state index contributed by atoms with van der Waals surface area (Å²) in [7, 11) is -1.99. The van der Waals surface area contributed by atoms with E-state index in [9.17, 15) is 4.79 Å². The molecule has 0 N–H and O–H groups in total. The van der Waals surface area contributed by atoms with Crippen LogP contribution in [0.4, 0.5) is 0 Å². The third kappa shape index (κ3) is 5.24. The Balaban J connectivity index is 2.69. The molecule has 5 heteroatoms. The maximum absolute atomic E-state index is 11.6. The molecule has 1 unspecified atom stereocenters. The molecule has 0 heterocycles. The Hall–Kier alpha value is -0.293. The zero-order valence-corrected chi connectivity index (χ0v) is 15.3. The molecule has 0 amide bonds. The molecule has 0 fully saturated rings. The first-order chi connectivity index (χ1) is 9.13. The van der Waals surface area contributed by atoms with Crippen LogP contribution in [-0.4, -0.2) is 25.4 Å². The number of benzene rings is 1. The Labute approximate surface area is 132 Å². The number of thioether (sulfide) groups is 1. The average Bonchev–Trinajstić information content (AvgIpc) is 2.34. The van der Waals surface area contributed by atoms with Gasteiger partial charge < -0.3 is 4.43 Å². The molecule has 0 aromatic heterocycles. The summed E-state index contributed by atoms with van der Waals surface area (Å²) in [6.07, 6.45) is -0.539. The van der Waals surface area contributed by atoms with Crippen LogP contribution in [-0.2, 0) is 9.22 Å². The van der Waals surface area contributed by atoms with Crippen LogP contribution in [0.3, 0.4) is 0 Å². The van der Waals surface area contributed by atoms with Crippen molar-refractivity contribution < 1.29 is 9.22 Å². The van der Waals surface area contributed by atoms with Gasteiger partial charge in [0.2, 0.25) is 5.24 Å². The molecule has 0 bridgehead atoms. The molecule has 0 spiro atoms. The normalized spacial score (nSPS) is 14.1. The first-order valence-corrected chi connectivity index (χ1v) is 11.0. The van der Waals surface area contributed by atoms with Crippen LogP contribution in [0.15, 0.2) is 35.2 Å². The smallest absolute Gasteiger partial charge is 0.250 e. The average molecular weight is 331 g/mol. The van der Waals surface area contributed by atoms with Gasteiger partial charge in [-0.3, -0.25) is 4.79 Å². The van der Waals surface area contributed by atoms with Gasteiger partial charge in [0, 0.05) is 10.6 Å². The molecule has 1 atom stereocenters. The van der Waals surface area contributed by atoms with Gasteiger partial charge in [-0.2, -0.15) is 0 Å². The molecule has 0 radical (unpaired) electrons. The summed E-state index contributed by atoms with van der Waals surface area (Å²) in [5.74, 6) is 0.554. The van der Waals surface area contributed by atoms with Crippen LogP contribution < -0.4 is 0 Å². The predicted molar refractivity (Wildman–Crippen MR) is 90.1 cm³/mol. The first kappa shape index (κ1) is 17.8. The zero-order chi connectivity index (χ0) is 15.4. The number of halogens is 1. The third-order valence-electron chi connectivity index (χ3n) is 3.64. The molecule has 0 saturated heterocycles. The highest BCUT2D eigenvalue weighted by atomic mass is 35.5. The van der Waals surface area contributed by atoms with E-state index in [2.05, 4.69) is 33.9 Å². The van der Waals surface area contributed by atoms with Crippen molar-refractivity contribution in [1.29, 1.82) is 0 Å². The molecule has 2 nitrogen and oxygen atoms in total. The number of hydrogen-bond acceptors (Lipinski definition) is 3. The SMILES string of the molecule is CC(C)(C)[Si](C)(C)OC(CSc1ccccc1)C(=O)Cl. The van der Waals surface area contributed by atoms with Crippen molar-refractivity contribution >= 4 is 36.9 Å². The molecule has 0 aliphatic rings. The molecular formula is C15H23ClO2SSi. The summed E-state index contributed by atoms with van der Waals surface area (Å²) in [6.45, 7) is 10.7. The summed E-state index contributed by atoms with van der Waals surface area (Å²) in [5.41, 5.74) is 0. The van der Waals surface area contributed by atoms with Gasteiger partial charge in [0.25, 0.3) is 0 Å². The van der Waals surface area contributed by atoms with E-state index in [-0.39, 0.29) is 5.04 Å². The topological polar surface area (TPSA) is 26.3 Å². The second-order valence-electron chi connectivity index (χ2n) is 6.29. The summed E-state index contributed by atoms with van der Waals surface area (Å²) in [4.78, 5) is 12.7. The van der Waals surface area contributed by atoms with Crippen LogP contribution >= 0.6 is 23.4 Å². The summed E-state index contributed by atoms with van der Waals surface area (Å²) < 4.78 is 6.12. The minimum absolute atomic E-state index is 0.0645. The highest BCUT2D eigenvalue weighted by molar-refractivity contribution is 7.99. The lowest BCUT2D eigenvalue weighted by molar-refractivity contribution is -0.117. The van der Waals surface area contributed by atoms with E-state index in [1.807, 2.05) is 30.3 Å². The van der Waals surface area contributed by atoms with Crippen molar-refractivity contribution in [1.82, 2.24) is 0 Å². The van der Waals surface area contributed by atoms with E-state index in [1.54, 1.807) is 11.8 Å². The third-order valence-corrected chi connectivity index (χ3v) is 9.45. The molecule has 0 saturated carbocycles. The number of carbonyl (C=O) groups excluding carboxylic acids is 1. The number of carbonyl (C=O) groups is 1. The highest BCUT2D eigenvalue weighted by Crippen LogP contribution is 2.38. The van der Waals surface area contributed by atoms with Crippen LogP contribution in [0.1, 0.15) is 20.8 Å². The van der Waals surface area contributed by atoms with Crippen molar-refractivity contribution in [3.63, 3.8) is 0 Å². The predicted octanol–water partition coefficient (Wildman–Crippen LogP) is 4.93. The minimum atomic E-state index is -1.99. The Morgan fingerprint density at radius 2 is 1.85 bits per heavy atom. The van der Waals surface area contributed by atoms with Gasteiger partial charge in [0.15, 0.2) is 8.32 Å². The lowest BCUT2D eigenvalue weighted by Crippen LogP contribution is -2.46. The van der Waals surface area contributed by atoms with Gasteiger partial charge in [0.1, 0.15) is 6.10 Å². The van der Waals surface area contributed by atoms with Gasteiger partial charge in [-0.05, 0) is 41.9 Å². The Kier molecular flexibility index (Phi) is 6.32. The van der Waals surface area contributed by atoms with E-state index in [0.717, 1.165) is 4.90 Å². The number of rotatable bonds is 6. The fourth-order valence-corrected chi connectivity index (χ4v) is 3.94. The maximum Gasteiger partial charge on any atom is 0.250 e. The van der Waals surface area contributed by atoms with Crippen molar-refractivity contribution in [2.75, 3.05) is 5.75 Å². The molecule has 0 aliphatic carbocycles. The van der Waals surface area contributed by atoms with Gasteiger partial charge in [-0.1, -0.05) is 39.0 Å². The van der Waals surface area contributed by atoms with Gasteiger partial charge in [-0.25, -0.2) is 0 Å². The number of hydrogen-bond donors (Lipinski definition) is 0. The van der Waals surface area contributed by atoms with Crippen LogP contribution in [0, 0.1) is 0 Å². The van der Waals surface area contributed by atoms with E-state index in [0.29, 0.717) is 5.75 Å². The van der Waals surface area contributed by atoms with Gasteiger partial charge >= 0.3 is 0 Å².